The van der Waals surface area contributed by atoms with E-state index < -0.39 is 10.9 Å². The van der Waals surface area contributed by atoms with Crippen molar-refractivity contribution >= 4 is 23.0 Å². The van der Waals surface area contributed by atoms with Gasteiger partial charge in [0.25, 0.3) is 5.69 Å². The summed E-state index contributed by atoms with van der Waals surface area (Å²) < 4.78 is 1.41. The van der Waals surface area contributed by atoms with Crippen molar-refractivity contribution < 1.29 is 14.8 Å². The van der Waals surface area contributed by atoms with Gasteiger partial charge in [-0.1, -0.05) is 12.1 Å². The van der Waals surface area contributed by atoms with Crippen LogP contribution in [0.25, 0.3) is 16.9 Å². The zero-order valence-electron chi connectivity index (χ0n) is 11.0. The third-order valence-electron chi connectivity index (χ3n) is 3.15. The molecule has 0 atom stereocenters. The Morgan fingerprint density at radius 3 is 2.68 bits per heavy atom. The second kappa shape index (κ2) is 5.41. The van der Waals surface area contributed by atoms with Gasteiger partial charge < -0.3 is 5.11 Å². The number of rotatable bonds is 4. The normalized spacial score (nSPS) is 10.5. The number of benzene rings is 1. The molecule has 0 saturated heterocycles. The van der Waals surface area contributed by atoms with Gasteiger partial charge in [-0.25, -0.2) is 9.78 Å². The average molecular weight is 315 g/mol. The Morgan fingerprint density at radius 2 is 2.05 bits per heavy atom. The molecule has 0 amide bonds. The molecule has 0 aliphatic carbocycles. The van der Waals surface area contributed by atoms with E-state index in [0.717, 1.165) is 0 Å². The highest BCUT2D eigenvalue weighted by Crippen LogP contribution is 2.33. The highest BCUT2D eigenvalue weighted by molar-refractivity contribution is 7.07. The molecule has 3 aromatic rings. The molecule has 2 aromatic heterocycles. The molecule has 3 rings (SSSR count). The SMILES string of the molecule is O=C(O)c1c(-c2ccccc2[N+](=O)[O-])ccn1-c1cscn1. The highest BCUT2D eigenvalue weighted by Gasteiger charge is 2.24. The molecule has 0 unspecified atom stereocenters. The zero-order chi connectivity index (χ0) is 15.7. The van der Waals surface area contributed by atoms with Crippen LogP contribution >= 0.6 is 11.3 Å². The van der Waals surface area contributed by atoms with Gasteiger partial charge in [-0.15, -0.1) is 11.3 Å². The molecular weight excluding hydrogens is 306 g/mol. The number of carboxylic acids is 1. The number of nitro benzene ring substituents is 1. The van der Waals surface area contributed by atoms with E-state index in [1.54, 1.807) is 35.3 Å². The second-order valence-corrected chi connectivity index (χ2v) is 5.09. The van der Waals surface area contributed by atoms with E-state index in [-0.39, 0.29) is 22.5 Å². The lowest BCUT2D eigenvalue weighted by Crippen LogP contribution is -2.08. The summed E-state index contributed by atoms with van der Waals surface area (Å²) in [5.41, 5.74) is 1.94. The van der Waals surface area contributed by atoms with E-state index in [2.05, 4.69) is 4.98 Å². The Hall–Kier alpha value is -3.00. The Balaban J connectivity index is 2.25. The van der Waals surface area contributed by atoms with Crippen LogP contribution in [0.15, 0.2) is 47.4 Å². The smallest absolute Gasteiger partial charge is 0.353 e. The molecule has 0 saturated carbocycles. The van der Waals surface area contributed by atoms with E-state index >= 15 is 0 Å². The van der Waals surface area contributed by atoms with Crippen molar-refractivity contribution in [3.05, 3.63) is 63.2 Å². The van der Waals surface area contributed by atoms with Gasteiger partial charge >= 0.3 is 5.97 Å². The van der Waals surface area contributed by atoms with Gasteiger partial charge in [0.1, 0.15) is 11.5 Å². The largest absolute Gasteiger partial charge is 0.477 e. The molecule has 0 spiro atoms. The number of aromatic nitrogens is 2. The molecule has 7 nitrogen and oxygen atoms in total. The third kappa shape index (κ3) is 2.25. The number of nitro groups is 1. The fraction of sp³-hybridized carbons (Fsp3) is 0. The van der Waals surface area contributed by atoms with Gasteiger partial charge in [-0.2, -0.15) is 0 Å². The summed E-state index contributed by atoms with van der Waals surface area (Å²) in [5, 5.41) is 22.4. The fourth-order valence-electron chi connectivity index (χ4n) is 2.24. The molecule has 1 aromatic carbocycles. The first kappa shape index (κ1) is 14.0. The predicted molar refractivity (Wildman–Crippen MR) is 80.5 cm³/mol. The maximum Gasteiger partial charge on any atom is 0.353 e. The first-order valence-corrected chi connectivity index (χ1v) is 7.11. The maximum atomic E-state index is 11.6. The minimum Gasteiger partial charge on any atom is -0.477 e. The van der Waals surface area contributed by atoms with Crippen LogP contribution in [-0.2, 0) is 0 Å². The Bertz CT molecular complexity index is 855. The van der Waals surface area contributed by atoms with Crippen LogP contribution in [0.1, 0.15) is 10.5 Å². The summed E-state index contributed by atoms with van der Waals surface area (Å²) in [7, 11) is 0. The summed E-state index contributed by atoms with van der Waals surface area (Å²) in [6.07, 6.45) is 1.55. The fourth-order valence-corrected chi connectivity index (χ4v) is 2.77. The zero-order valence-corrected chi connectivity index (χ0v) is 11.9. The van der Waals surface area contributed by atoms with Crippen molar-refractivity contribution in [1.29, 1.82) is 0 Å². The quantitative estimate of drug-likeness (QED) is 0.589. The van der Waals surface area contributed by atoms with Crippen molar-refractivity contribution in [3.8, 4) is 16.9 Å². The molecule has 0 bridgehead atoms. The molecule has 2 heterocycles. The number of nitrogens with zero attached hydrogens (tertiary/aromatic N) is 3. The summed E-state index contributed by atoms with van der Waals surface area (Å²) in [5.74, 6) is -0.710. The lowest BCUT2D eigenvalue weighted by Gasteiger charge is -2.06. The monoisotopic (exact) mass is 315 g/mol. The van der Waals surface area contributed by atoms with E-state index in [4.69, 9.17) is 0 Å². The topological polar surface area (TPSA) is 98.3 Å². The average Bonchev–Trinajstić information content (AvgIpc) is 3.15. The van der Waals surface area contributed by atoms with Crippen molar-refractivity contribution in [3.63, 3.8) is 0 Å². The van der Waals surface area contributed by atoms with Crippen LogP contribution in [0, 0.1) is 10.1 Å². The first-order chi connectivity index (χ1) is 10.6. The Morgan fingerprint density at radius 1 is 1.27 bits per heavy atom. The van der Waals surface area contributed by atoms with E-state index in [1.165, 1.54) is 28.0 Å². The first-order valence-electron chi connectivity index (χ1n) is 6.16. The van der Waals surface area contributed by atoms with Crippen LogP contribution in [0.5, 0.6) is 0 Å². The number of hydrogen-bond donors (Lipinski definition) is 1. The van der Waals surface area contributed by atoms with Gasteiger partial charge in [0.05, 0.1) is 16.0 Å². The van der Waals surface area contributed by atoms with E-state index in [9.17, 15) is 20.0 Å². The minimum absolute atomic E-state index is 0.0554. The summed E-state index contributed by atoms with van der Waals surface area (Å²) in [6.45, 7) is 0. The molecule has 0 aliphatic rings. The molecule has 110 valence electrons. The number of hydrogen-bond acceptors (Lipinski definition) is 5. The maximum absolute atomic E-state index is 11.6. The standard InChI is InChI=1S/C14H9N3O4S/c18-14(19)13-10(5-6-16(13)12-7-22-8-15-12)9-3-1-2-4-11(9)17(20)21/h1-8H,(H,18,19). The summed E-state index contributed by atoms with van der Waals surface area (Å²) in [4.78, 5) is 26.3. The van der Waals surface area contributed by atoms with Gasteiger partial charge in [-0.3, -0.25) is 14.7 Å². The number of para-hydroxylation sites is 1. The molecular formula is C14H9N3O4S. The van der Waals surface area contributed by atoms with Gasteiger partial charge in [0.2, 0.25) is 0 Å². The van der Waals surface area contributed by atoms with E-state index in [1.807, 2.05) is 0 Å². The van der Waals surface area contributed by atoms with E-state index in [0.29, 0.717) is 5.82 Å². The minimum atomic E-state index is -1.17. The Labute approximate surface area is 128 Å². The molecule has 0 radical (unpaired) electrons. The van der Waals surface area contributed by atoms with Crippen LogP contribution < -0.4 is 0 Å². The van der Waals surface area contributed by atoms with Gasteiger partial charge in [-0.05, 0) is 12.1 Å². The predicted octanol–water partition coefficient (Wildman–Crippen LogP) is 3.21. The molecule has 22 heavy (non-hydrogen) atoms. The van der Waals surface area contributed by atoms with Gasteiger partial charge in [0.15, 0.2) is 0 Å². The summed E-state index contributed by atoms with van der Waals surface area (Å²) >= 11 is 1.33. The number of carboxylic acid groups (broad SMARTS) is 1. The number of carbonyl (C=O) groups is 1. The Kier molecular flexibility index (Phi) is 3.43. The third-order valence-corrected chi connectivity index (χ3v) is 3.72. The van der Waals surface area contributed by atoms with Crippen molar-refractivity contribution in [2.75, 3.05) is 0 Å². The van der Waals surface area contributed by atoms with Crippen molar-refractivity contribution in [2.45, 2.75) is 0 Å². The highest BCUT2D eigenvalue weighted by atomic mass is 32.1. The molecule has 1 N–H and O–H groups in total. The number of thiazole rings is 1. The van der Waals surface area contributed by atoms with Crippen LogP contribution in [0.4, 0.5) is 5.69 Å². The molecule has 0 fully saturated rings. The van der Waals surface area contributed by atoms with Crippen LogP contribution in [-0.4, -0.2) is 25.6 Å². The molecule has 0 aliphatic heterocycles. The van der Waals surface area contributed by atoms with Crippen molar-refractivity contribution in [2.24, 2.45) is 0 Å². The van der Waals surface area contributed by atoms with Crippen LogP contribution in [0.3, 0.4) is 0 Å². The van der Waals surface area contributed by atoms with Crippen LogP contribution in [0.2, 0.25) is 0 Å². The lowest BCUT2D eigenvalue weighted by molar-refractivity contribution is -0.384. The summed E-state index contributed by atoms with van der Waals surface area (Å²) in [6, 6.07) is 7.60. The lowest BCUT2D eigenvalue weighted by atomic mass is 10.0. The van der Waals surface area contributed by atoms with Gasteiger partial charge in [0, 0.05) is 23.2 Å². The van der Waals surface area contributed by atoms with Crippen molar-refractivity contribution in [1.82, 2.24) is 9.55 Å². The second-order valence-electron chi connectivity index (χ2n) is 4.37. The molecule has 8 heteroatoms. The number of aromatic carboxylic acids is 1.